The number of hydrogen-bond acceptors (Lipinski definition) is 4. The number of rotatable bonds is 3. The summed E-state index contributed by atoms with van der Waals surface area (Å²) in [4.78, 5) is 13.3. The summed E-state index contributed by atoms with van der Waals surface area (Å²) in [7, 11) is 1.36. The van der Waals surface area contributed by atoms with Crippen molar-refractivity contribution < 1.29 is 14.6 Å². The van der Waals surface area contributed by atoms with E-state index in [0.29, 0.717) is 0 Å². The third kappa shape index (κ3) is 3.83. The Morgan fingerprint density at radius 2 is 1.95 bits per heavy atom. The van der Waals surface area contributed by atoms with Gasteiger partial charge in [-0.15, -0.1) is 0 Å². The average molecular weight is 261 g/mol. The Morgan fingerprint density at radius 3 is 2.53 bits per heavy atom. The molecule has 1 aromatic carbocycles. The summed E-state index contributed by atoms with van der Waals surface area (Å²) in [5.41, 5.74) is 2.12. The third-order valence-electron chi connectivity index (χ3n) is 3.34. The first-order chi connectivity index (χ1) is 9.19. The highest BCUT2D eigenvalue weighted by Crippen LogP contribution is 2.20. The minimum atomic E-state index is -0.353. The van der Waals surface area contributed by atoms with E-state index in [-0.39, 0.29) is 12.1 Å². The number of benzene rings is 1. The predicted octanol–water partition coefficient (Wildman–Crippen LogP) is 1.83. The Hall–Kier alpha value is -1.81. The van der Waals surface area contributed by atoms with Crippen molar-refractivity contribution in [3.63, 3.8) is 0 Å². The molecule has 102 valence electrons. The first-order valence-electron chi connectivity index (χ1n) is 6.48. The standard InChI is InChI=1S/C15H19NO3/c1-19-15(18)7-4-12-2-5-13(6-3-12)16-10-8-14(17)9-11-16/h2-7,14,17H,8-11H2,1H3. The van der Waals surface area contributed by atoms with E-state index in [1.54, 1.807) is 6.08 Å². The summed E-state index contributed by atoms with van der Waals surface area (Å²) in [6, 6.07) is 8.02. The highest BCUT2D eigenvalue weighted by molar-refractivity contribution is 5.86. The van der Waals surface area contributed by atoms with Gasteiger partial charge in [0.15, 0.2) is 0 Å². The second-order valence-corrected chi connectivity index (χ2v) is 4.67. The Balaban J connectivity index is 1.98. The number of ether oxygens (including phenoxy) is 1. The van der Waals surface area contributed by atoms with Gasteiger partial charge in [-0.25, -0.2) is 4.79 Å². The summed E-state index contributed by atoms with van der Waals surface area (Å²) < 4.78 is 4.54. The molecule has 0 saturated carbocycles. The van der Waals surface area contributed by atoms with Gasteiger partial charge < -0.3 is 14.7 Å². The summed E-state index contributed by atoms with van der Waals surface area (Å²) >= 11 is 0. The molecular weight excluding hydrogens is 242 g/mol. The lowest BCUT2D eigenvalue weighted by molar-refractivity contribution is -0.134. The van der Waals surface area contributed by atoms with Crippen molar-refractivity contribution >= 4 is 17.7 Å². The topological polar surface area (TPSA) is 49.8 Å². The van der Waals surface area contributed by atoms with Gasteiger partial charge in [-0.2, -0.15) is 0 Å². The van der Waals surface area contributed by atoms with E-state index in [1.165, 1.54) is 13.2 Å². The van der Waals surface area contributed by atoms with Crippen molar-refractivity contribution in [2.24, 2.45) is 0 Å². The largest absolute Gasteiger partial charge is 0.466 e. The van der Waals surface area contributed by atoms with Crippen LogP contribution in [0.3, 0.4) is 0 Å². The Morgan fingerprint density at radius 1 is 1.32 bits per heavy atom. The quantitative estimate of drug-likeness (QED) is 0.666. The maximum absolute atomic E-state index is 11.0. The zero-order chi connectivity index (χ0) is 13.7. The van der Waals surface area contributed by atoms with E-state index in [9.17, 15) is 9.90 Å². The summed E-state index contributed by atoms with van der Waals surface area (Å²) in [5.74, 6) is -0.353. The van der Waals surface area contributed by atoms with Gasteiger partial charge in [0.25, 0.3) is 0 Å². The maximum Gasteiger partial charge on any atom is 0.330 e. The SMILES string of the molecule is COC(=O)C=Cc1ccc(N2CCC(O)CC2)cc1. The van der Waals surface area contributed by atoms with E-state index in [0.717, 1.165) is 37.2 Å². The monoisotopic (exact) mass is 261 g/mol. The molecule has 0 aromatic heterocycles. The number of aliphatic hydroxyl groups is 1. The molecule has 0 spiro atoms. The number of anilines is 1. The van der Waals surface area contributed by atoms with Crippen molar-refractivity contribution in [2.75, 3.05) is 25.1 Å². The minimum absolute atomic E-state index is 0.154. The zero-order valence-electron chi connectivity index (χ0n) is 11.1. The molecule has 19 heavy (non-hydrogen) atoms. The smallest absolute Gasteiger partial charge is 0.330 e. The van der Waals surface area contributed by atoms with Crippen LogP contribution in [0, 0.1) is 0 Å². The van der Waals surface area contributed by atoms with Gasteiger partial charge in [-0.3, -0.25) is 0 Å². The lowest BCUT2D eigenvalue weighted by Gasteiger charge is -2.31. The maximum atomic E-state index is 11.0. The third-order valence-corrected chi connectivity index (χ3v) is 3.34. The number of hydrogen-bond donors (Lipinski definition) is 1. The van der Waals surface area contributed by atoms with E-state index in [1.807, 2.05) is 24.3 Å². The van der Waals surface area contributed by atoms with Gasteiger partial charge in [0, 0.05) is 24.9 Å². The molecule has 0 bridgehead atoms. The van der Waals surface area contributed by atoms with Gasteiger partial charge in [0.05, 0.1) is 13.2 Å². The molecule has 1 aromatic rings. The van der Waals surface area contributed by atoms with Crippen LogP contribution in [0.25, 0.3) is 6.08 Å². The molecule has 1 fully saturated rings. The molecule has 4 nitrogen and oxygen atoms in total. The fraction of sp³-hybridized carbons (Fsp3) is 0.400. The van der Waals surface area contributed by atoms with E-state index < -0.39 is 0 Å². The highest BCUT2D eigenvalue weighted by atomic mass is 16.5. The van der Waals surface area contributed by atoms with Crippen LogP contribution in [0.1, 0.15) is 18.4 Å². The number of piperidine rings is 1. The average Bonchev–Trinajstić information content (AvgIpc) is 2.46. The van der Waals surface area contributed by atoms with Crippen LogP contribution < -0.4 is 4.90 Å². The summed E-state index contributed by atoms with van der Waals surface area (Å²) in [6.07, 6.45) is 4.63. The zero-order valence-corrected chi connectivity index (χ0v) is 11.1. The van der Waals surface area contributed by atoms with Crippen molar-refractivity contribution in [3.05, 3.63) is 35.9 Å². The predicted molar refractivity (Wildman–Crippen MR) is 74.9 cm³/mol. The second-order valence-electron chi connectivity index (χ2n) is 4.67. The van der Waals surface area contributed by atoms with Gasteiger partial charge in [-0.05, 0) is 36.6 Å². The normalized spacial score (nSPS) is 16.8. The molecule has 2 rings (SSSR count). The molecule has 0 aliphatic carbocycles. The number of carbonyl (C=O) groups is 1. The van der Waals surface area contributed by atoms with Crippen LogP contribution >= 0.6 is 0 Å². The molecule has 1 saturated heterocycles. The van der Waals surface area contributed by atoms with Crippen molar-refractivity contribution in [1.82, 2.24) is 0 Å². The number of aliphatic hydroxyl groups excluding tert-OH is 1. The number of methoxy groups -OCH3 is 1. The van der Waals surface area contributed by atoms with Gasteiger partial charge >= 0.3 is 5.97 Å². The van der Waals surface area contributed by atoms with E-state index >= 15 is 0 Å². The molecule has 1 aliphatic rings. The van der Waals surface area contributed by atoms with Crippen LogP contribution in [0.5, 0.6) is 0 Å². The minimum Gasteiger partial charge on any atom is -0.466 e. The van der Waals surface area contributed by atoms with Crippen molar-refractivity contribution in [1.29, 1.82) is 0 Å². The van der Waals surface area contributed by atoms with E-state index in [4.69, 9.17) is 0 Å². The molecule has 0 radical (unpaired) electrons. The van der Waals surface area contributed by atoms with E-state index in [2.05, 4.69) is 9.64 Å². The first kappa shape index (κ1) is 13.6. The highest BCUT2D eigenvalue weighted by Gasteiger charge is 2.16. The Labute approximate surface area is 113 Å². The second kappa shape index (κ2) is 6.38. The first-order valence-corrected chi connectivity index (χ1v) is 6.48. The lowest BCUT2D eigenvalue weighted by atomic mass is 10.1. The van der Waals surface area contributed by atoms with Gasteiger partial charge in [0.1, 0.15) is 0 Å². The number of nitrogens with zero attached hydrogens (tertiary/aromatic N) is 1. The van der Waals surface area contributed by atoms with Gasteiger partial charge in [-0.1, -0.05) is 12.1 Å². The number of esters is 1. The van der Waals surface area contributed by atoms with Crippen LogP contribution in [0.4, 0.5) is 5.69 Å². The molecule has 0 amide bonds. The molecule has 1 N–H and O–H groups in total. The lowest BCUT2D eigenvalue weighted by Crippen LogP contribution is -2.35. The van der Waals surface area contributed by atoms with Crippen LogP contribution in [-0.2, 0) is 9.53 Å². The van der Waals surface area contributed by atoms with Crippen LogP contribution in [0.15, 0.2) is 30.3 Å². The van der Waals surface area contributed by atoms with Crippen LogP contribution in [0.2, 0.25) is 0 Å². The molecule has 0 unspecified atom stereocenters. The molecule has 1 aliphatic heterocycles. The van der Waals surface area contributed by atoms with Crippen molar-refractivity contribution in [3.8, 4) is 0 Å². The molecular formula is C15H19NO3. The van der Waals surface area contributed by atoms with Gasteiger partial charge in [0.2, 0.25) is 0 Å². The molecule has 0 atom stereocenters. The number of carbonyl (C=O) groups excluding carboxylic acids is 1. The summed E-state index contributed by atoms with van der Waals surface area (Å²) in [5, 5.41) is 9.48. The molecule has 1 heterocycles. The van der Waals surface area contributed by atoms with Crippen molar-refractivity contribution in [2.45, 2.75) is 18.9 Å². The summed E-state index contributed by atoms with van der Waals surface area (Å²) in [6.45, 7) is 1.77. The van der Waals surface area contributed by atoms with Crippen LogP contribution in [-0.4, -0.2) is 37.4 Å². The fourth-order valence-electron chi connectivity index (χ4n) is 2.15. The Bertz CT molecular complexity index is 445. The Kier molecular flexibility index (Phi) is 4.58. The molecule has 4 heteroatoms. The fourth-order valence-corrected chi connectivity index (χ4v) is 2.15.